The molecule has 0 saturated carbocycles. The number of hydrogen-bond donors (Lipinski definition) is 8. The lowest BCUT2D eigenvalue weighted by atomic mass is 10.0. The van der Waals surface area contributed by atoms with Crippen LogP contribution in [0.1, 0.15) is 17.5 Å². The minimum atomic E-state index is -1.64. The minimum absolute atomic E-state index is 0.00711. The number of benzene rings is 2. The van der Waals surface area contributed by atoms with Gasteiger partial charge in [0.05, 0.1) is 12.5 Å². The minimum Gasteiger partial charge on any atom is -0.508 e. The van der Waals surface area contributed by atoms with E-state index >= 15 is 0 Å². The van der Waals surface area contributed by atoms with Crippen molar-refractivity contribution < 1.29 is 39.3 Å². The lowest BCUT2D eigenvalue weighted by Crippen LogP contribution is -2.58. The van der Waals surface area contributed by atoms with Gasteiger partial charge in [-0.3, -0.25) is 19.2 Å². The summed E-state index contributed by atoms with van der Waals surface area (Å²) >= 11 is 3.97. The molecule has 204 valence electrons. The van der Waals surface area contributed by atoms with Crippen molar-refractivity contribution in [1.82, 2.24) is 16.0 Å². The van der Waals surface area contributed by atoms with E-state index in [1.807, 2.05) is 0 Å². The highest BCUT2D eigenvalue weighted by Crippen LogP contribution is 2.12. The number of phenols is 1. The molecule has 2 rings (SSSR count). The molecule has 0 aliphatic heterocycles. The number of thiol groups is 1. The summed E-state index contributed by atoms with van der Waals surface area (Å²) in [5.41, 5.74) is 6.86. The molecule has 3 amide bonds. The van der Waals surface area contributed by atoms with Crippen molar-refractivity contribution in [3.63, 3.8) is 0 Å². The summed E-state index contributed by atoms with van der Waals surface area (Å²) in [7, 11) is 0. The number of nitrogens with one attached hydrogen (secondary N) is 3. The third-order valence-corrected chi connectivity index (χ3v) is 5.84. The maximum Gasteiger partial charge on any atom is 0.326 e. The SMILES string of the molecule is NC(CS)C(=O)NC(Cc1ccccc1)C(=O)NC(CC(=O)O)C(=O)NC(Cc1ccc(O)cc1)C(=O)O. The third kappa shape index (κ3) is 9.75. The molecule has 2 aromatic rings. The summed E-state index contributed by atoms with van der Waals surface area (Å²) in [6.07, 6.45) is -0.994. The second-order valence-electron chi connectivity index (χ2n) is 8.47. The largest absolute Gasteiger partial charge is 0.508 e. The number of nitrogens with two attached hydrogens (primary N) is 1. The summed E-state index contributed by atoms with van der Waals surface area (Å²) in [5.74, 6) is -5.40. The zero-order chi connectivity index (χ0) is 28.2. The summed E-state index contributed by atoms with van der Waals surface area (Å²) in [6.45, 7) is 0. The predicted molar refractivity (Wildman–Crippen MR) is 139 cm³/mol. The van der Waals surface area contributed by atoms with Crippen LogP contribution in [0.2, 0.25) is 0 Å². The van der Waals surface area contributed by atoms with Crippen LogP contribution in [0.4, 0.5) is 0 Å². The maximum absolute atomic E-state index is 13.1. The zero-order valence-corrected chi connectivity index (χ0v) is 21.1. The van der Waals surface area contributed by atoms with Crippen LogP contribution >= 0.6 is 12.6 Å². The smallest absolute Gasteiger partial charge is 0.326 e. The molecule has 4 atom stereocenters. The van der Waals surface area contributed by atoms with Gasteiger partial charge in [0.1, 0.15) is 23.9 Å². The van der Waals surface area contributed by atoms with E-state index in [0.717, 1.165) is 0 Å². The van der Waals surface area contributed by atoms with Crippen molar-refractivity contribution in [2.45, 2.75) is 43.4 Å². The quantitative estimate of drug-likeness (QED) is 0.143. The van der Waals surface area contributed by atoms with E-state index in [1.165, 1.54) is 24.3 Å². The van der Waals surface area contributed by atoms with Gasteiger partial charge in [-0.1, -0.05) is 42.5 Å². The highest BCUT2D eigenvalue weighted by Gasteiger charge is 2.31. The predicted octanol–water partition coefficient (Wildman–Crippen LogP) is -0.552. The molecule has 0 spiro atoms. The average Bonchev–Trinajstić information content (AvgIpc) is 2.88. The molecule has 0 fully saturated rings. The lowest BCUT2D eigenvalue weighted by Gasteiger charge is -2.24. The van der Waals surface area contributed by atoms with Gasteiger partial charge < -0.3 is 37.0 Å². The van der Waals surface area contributed by atoms with Crippen molar-refractivity contribution in [1.29, 1.82) is 0 Å². The van der Waals surface area contributed by atoms with Crippen LogP contribution in [0.15, 0.2) is 54.6 Å². The number of carboxylic acids is 2. The Labute approximate surface area is 224 Å². The molecule has 13 heteroatoms. The summed E-state index contributed by atoms with van der Waals surface area (Å²) in [5, 5.41) is 35.3. The van der Waals surface area contributed by atoms with Crippen LogP contribution in [0.5, 0.6) is 5.75 Å². The van der Waals surface area contributed by atoms with Gasteiger partial charge >= 0.3 is 11.9 Å². The Morgan fingerprint density at radius 1 is 0.737 bits per heavy atom. The zero-order valence-electron chi connectivity index (χ0n) is 20.2. The number of carbonyl (C=O) groups is 5. The molecule has 38 heavy (non-hydrogen) atoms. The first-order valence-electron chi connectivity index (χ1n) is 11.5. The number of aromatic hydroxyl groups is 1. The fraction of sp³-hybridized carbons (Fsp3) is 0.320. The Kier molecular flexibility index (Phi) is 11.6. The number of carbonyl (C=O) groups excluding carboxylic acids is 3. The molecule has 0 bridgehead atoms. The van der Waals surface area contributed by atoms with Crippen LogP contribution in [-0.4, -0.2) is 74.9 Å². The van der Waals surface area contributed by atoms with Crippen LogP contribution in [-0.2, 0) is 36.8 Å². The Morgan fingerprint density at radius 2 is 1.24 bits per heavy atom. The van der Waals surface area contributed by atoms with E-state index < -0.39 is 60.2 Å². The molecule has 4 unspecified atom stereocenters. The number of carboxylic acid groups (broad SMARTS) is 2. The van der Waals surface area contributed by atoms with E-state index in [1.54, 1.807) is 30.3 Å². The van der Waals surface area contributed by atoms with Gasteiger partial charge in [0.25, 0.3) is 0 Å². The van der Waals surface area contributed by atoms with E-state index in [2.05, 4.69) is 28.6 Å². The van der Waals surface area contributed by atoms with Gasteiger partial charge in [-0.15, -0.1) is 0 Å². The first-order valence-corrected chi connectivity index (χ1v) is 12.2. The molecule has 0 aliphatic rings. The van der Waals surface area contributed by atoms with Gasteiger partial charge in [0, 0.05) is 18.6 Å². The Morgan fingerprint density at radius 3 is 1.79 bits per heavy atom. The maximum atomic E-state index is 13.1. The molecular formula is C25H30N4O8S. The normalized spacial score (nSPS) is 13.8. The van der Waals surface area contributed by atoms with Crippen LogP contribution in [0.25, 0.3) is 0 Å². The molecule has 12 nitrogen and oxygen atoms in total. The molecule has 2 aromatic carbocycles. The van der Waals surface area contributed by atoms with Crippen LogP contribution in [0, 0.1) is 0 Å². The Balaban J connectivity index is 2.21. The summed E-state index contributed by atoms with van der Waals surface area (Å²) in [6, 6.07) is 8.97. The van der Waals surface area contributed by atoms with Gasteiger partial charge in [-0.05, 0) is 23.3 Å². The van der Waals surface area contributed by atoms with Crippen LogP contribution in [0.3, 0.4) is 0 Å². The van der Waals surface area contributed by atoms with Crippen molar-refractivity contribution >= 4 is 42.3 Å². The second-order valence-corrected chi connectivity index (χ2v) is 8.83. The molecule has 0 aromatic heterocycles. The third-order valence-electron chi connectivity index (χ3n) is 5.45. The first-order chi connectivity index (χ1) is 18.0. The molecule has 0 radical (unpaired) electrons. The highest BCUT2D eigenvalue weighted by molar-refractivity contribution is 7.80. The Bertz CT molecular complexity index is 1130. The summed E-state index contributed by atoms with van der Waals surface area (Å²) in [4.78, 5) is 61.6. The molecule has 0 saturated heterocycles. The van der Waals surface area contributed by atoms with E-state index in [4.69, 9.17) is 5.73 Å². The van der Waals surface area contributed by atoms with Gasteiger partial charge in [0.2, 0.25) is 17.7 Å². The number of hydrogen-bond acceptors (Lipinski definition) is 8. The van der Waals surface area contributed by atoms with Gasteiger partial charge in [0.15, 0.2) is 0 Å². The molecule has 0 heterocycles. The van der Waals surface area contributed by atoms with Crippen LogP contribution < -0.4 is 21.7 Å². The molecule has 8 N–H and O–H groups in total. The first kappa shape index (κ1) is 30.1. The highest BCUT2D eigenvalue weighted by atomic mass is 32.1. The monoisotopic (exact) mass is 546 g/mol. The molecular weight excluding hydrogens is 516 g/mol. The fourth-order valence-electron chi connectivity index (χ4n) is 3.42. The number of rotatable bonds is 14. The topological polar surface area (TPSA) is 208 Å². The Hall–Kier alpha value is -4.10. The van der Waals surface area contributed by atoms with E-state index in [9.17, 15) is 39.3 Å². The number of amides is 3. The lowest BCUT2D eigenvalue weighted by molar-refractivity contribution is -0.143. The van der Waals surface area contributed by atoms with E-state index in [0.29, 0.717) is 11.1 Å². The van der Waals surface area contributed by atoms with Gasteiger partial charge in [-0.25, -0.2) is 4.79 Å². The number of aliphatic carboxylic acids is 2. The van der Waals surface area contributed by atoms with Crippen molar-refractivity contribution in [3.05, 3.63) is 65.7 Å². The summed E-state index contributed by atoms with van der Waals surface area (Å²) < 4.78 is 0. The van der Waals surface area contributed by atoms with Gasteiger partial charge in [-0.2, -0.15) is 12.6 Å². The van der Waals surface area contributed by atoms with Crippen molar-refractivity contribution in [2.24, 2.45) is 5.73 Å². The molecule has 0 aliphatic carbocycles. The van der Waals surface area contributed by atoms with Crippen molar-refractivity contribution in [3.8, 4) is 5.75 Å². The van der Waals surface area contributed by atoms with E-state index in [-0.39, 0.29) is 24.3 Å². The average molecular weight is 547 g/mol. The second kappa shape index (κ2) is 14.6. The fourth-order valence-corrected chi connectivity index (χ4v) is 3.58. The number of phenolic OH excluding ortho intramolecular Hbond substituents is 1. The standard InChI is InChI=1S/C25H30N4O8S/c26-17(13-38)22(33)27-18(10-14-4-2-1-3-5-14)23(34)28-19(12-21(31)32)24(35)29-20(25(36)37)11-15-6-8-16(30)9-7-15/h1-9,17-20,30,38H,10-13,26H2,(H,27,33)(H,28,34)(H,29,35)(H,31,32)(H,36,37). The van der Waals surface area contributed by atoms with Crippen molar-refractivity contribution in [2.75, 3.05) is 5.75 Å².